The summed E-state index contributed by atoms with van der Waals surface area (Å²) in [5.74, 6) is 6.14. The molecule has 3 saturated carbocycles. The lowest BCUT2D eigenvalue weighted by Crippen LogP contribution is -2.51. The highest BCUT2D eigenvalue weighted by Crippen LogP contribution is 2.67. The minimum Gasteiger partial charge on any atom is -0.497 e. The maximum absolute atomic E-state index is 13.5. The lowest BCUT2D eigenvalue weighted by molar-refractivity contribution is -0.130. The van der Waals surface area contributed by atoms with E-state index >= 15 is 0 Å². The molecule has 3 aromatic carbocycles. The first-order chi connectivity index (χ1) is 33.3. The Morgan fingerprint density at radius 1 is 0.783 bits per heavy atom. The molecule has 3 aromatic rings. The standard InChI is InChI=1S/C60H84N2O7/c1-41(2)15-14-16-42(3)52-30-31-53-51-29-24-47-37-50(32-34-58(47,4)54(51)33-35-59(52,53)5)69-57(65)61-36-13-9-12-19-56(64)62-38-43(55(63)39-62)40-68-60(44-17-10-8-11-18-44,45-20-25-48(66-6)26-21-45)46-22-27-49(67-7)28-23-46/h8,10-11,17-18,20-28,41-43,50-55,63H,9,12-16,19,29-40H2,1-7H3,(H,61,65)/t42?,43?,50-,51?,52?,53?,54?,55?,58-,59+/m0/s1. The predicted octanol–water partition coefficient (Wildman–Crippen LogP) is 12.5. The zero-order valence-corrected chi connectivity index (χ0v) is 43.1. The number of methoxy groups -OCH3 is 2. The quantitative estimate of drug-likeness (QED) is 0.0660. The number of alkyl carbamates (subject to hydrolysis) is 1. The van der Waals surface area contributed by atoms with Gasteiger partial charge in [0, 0.05) is 38.4 Å². The van der Waals surface area contributed by atoms with E-state index in [0.29, 0.717) is 31.3 Å². The molecule has 0 spiro atoms. The predicted molar refractivity (Wildman–Crippen MR) is 274 cm³/mol. The van der Waals surface area contributed by atoms with Crippen LogP contribution in [0.5, 0.6) is 11.5 Å². The number of allylic oxidation sites excluding steroid dienone is 1. The van der Waals surface area contributed by atoms with Crippen LogP contribution in [0.3, 0.4) is 0 Å². The zero-order valence-electron chi connectivity index (χ0n) is 43.1. The van der Waals surface area contributed by atoms with Gasteiger partial charge in [0.2, 0.25) is 5.91 Å². The number of carbonyl (C=O) groups is 2. The molecule has 8 rings (SSSR count). The Hall–Kier alpha value is -4.34. The molecule has 9 nitrogen and oxygen atoms in total. The van der Waals surface area contributed by atoms with Crippen molar-refractivity contribution < 1.29 is 33.6 Å². The Balaban J connectivity index is 0.774. The first kappa shape index (κ1) is 51.0. The van der Waals surface area contributed by atoms with Crippen molar-refractivity contribution in [2.24, 2.45) is 52.3 Å². The fourth-order valence-electron chi connectivity index (χ4n) is 14.4. The van der Waals surface area contributed by atoms with Crippen LogP contribution >= 0.6 is 0 Å². The monoisotopic (exact) mass is 945 g/mol. The molecular weight excluding hydrogens is 861 g/mol. The summed E-state index contributed by atoms with van der Waals surface area (Å²) in [5.41, 5.74) is 4.04. The number of nitrogens with one attached hydrogen (secondary N) is 1. The molecule has 2 amide bonds. The molecule has 1 aliphatic heterocycles. The van der Waals surface area contributed by atoms with Gasteiger partial charge in [0.05, 0.1) is 26.9 Å². The summed E-state index contributed by atoms with van der Waals surface area (Å²) in [5, 5.41) is 14.3. The van der Waals surface area contributed by atoms with E-state index in [1.54, 1.807) is 24.7 Å². The Bertz CT molecular complexity index is 2130. The van der Waals surface area contributed by atoms with Crippen LogP contribution in [0.25, 0.3) is 0 Å². The summed E-state index contributed by atoms with van der Waals surface area (Å²) in [4.78, 5) is 28.3. The van der Waals surface area contributed by atoms with Crippen LogP contribution in [0.15, 0.2) is 90.5 Å². The number of fused-ring (bicyclic) bond motifs is 5. The van der Waals surface area contributed by atoms with Crippen molar-refractivity contribution >= 4 is 12.0 Å². The second-order valence-electron chi connectivity index (χ2n) is 22.7. The Kier molecular flexibility index (Phi) is 16.6. The number of likely N-dealkylation sites (tertiary alicyclic amines) is 1. The highest BCUT2D eigenvalue weighted by atomic mass is 16.6. The van der Waals surface area contributed by atoms with E-state index in [1.807, 2.05) is 66.7 Å². The SMILES string of the molecule is COc1ccc(C(OCC2CN(C(=O)CCCCCNC(=O)O[C@H]3CC[C@@]4(C)C(=CCC5C6CCC(C(C)CCCC(C)C)[C@@]6(C)CCC54)C3)CC2O)(c2ccccc2)c2ccc(OC)cc2)cc1. The largest absolute Gasteiger partial charge is 0.497 e. The molecule has 1 saturated heterocycles. The van der Waals surface area contributed by atoms with Gasteiger partial charge in [0.1, 0.15) is 23.2 Å². The van der Waals surface area contributed by atoms with E-state index < -0.39 is 11.7 Å². The minimum absolute atomic E-state index is 0.0352. The number of hydrogen-bond donors (Lipinski definition) is 2. The fourth-order valence-corrected chi connectivity index (χ4v) is 14.4. The summed E-state index contributed by atoms with van der Waals surface area (Å²) in [6.45, 7) is 14.0. The minimum atomic E-state index is -1.00. The molecular formula is C60H84N2O7. The number of aliphatic hydroxyl groups excluding tert-OH is 1. The van der Waals surface area contributed by atoms with Crippen LogP contribution in [0.2, 0.25) is 0 Å². The third kappa shape index (κ3) is 11.0. The van der Waals surface area contributed by atoms with Crippen LogP contribution in [0, 0.1) is 52.3 Å². The molecule has 0 radical (unpaired) electrons. The first-order valence-electron chi connectivity index (χ1n) is 26.9. The van der Waals surface area contributed by atoms with Crippen molar-refractivity contribution in [1.82, 2.24) is 10.2 Å². The van der Waals surface area contributed by atoms with Gasteiger partial charge >= 0.3 is 6.09 Å². The van der Waals surface area contributed by atoms with E-state index in [-0.39, 0.29) is 42.6 Å². The average Bonchev–Trinajstić information content (AvgIpc) is 3.92. The number of nitrogens with zero attached hydrogens (tertiary/aromatic N) is 1. The molecule has 9 heteroatoms. The van der Waals surface area contributed by atoms with Crippen LogP contribution in [0.4, 0.5) is 4.79 Å². The third-order valence-electron chi connectivity index (χ3n) is 18.3. The van der Waals surface area contributed by atoms with Crippen LogP contribution in [-0.2, 0) is 19.9 Å². The van der Waals surface area contributed by atoms with E-state index in [4.69, 9.17) is 18.9 Å². The number of unbranched alkanes of at least 4 members (excludes halogenated alkanes) is 2. The van der Waals surface area contributed by atoms with Crippen molar-refractivity contribution in [2.75, 3.05) is 40.5 Å². The second-order valence-corrected chi connectivity index (χ2v) is 22.7. The molecule has 0 aromatic heterocycles. The van der Waals surface area contributed by atoms with E-state index in [9.17, 15) is 14.7 Å². The molecule has 4 aliphatic carbocycles. The summed E-state index contributed by atoms with van der Waals surface area (Å²) in [7, 11) is 3.30. The number of β-amino-alcohol motifs (C(OH)–C–C–N with tert-alkyl or cyclic N) is 1. The van der Waals surface area contributed by atoms with Gasteiger partial charge in [-0.05, 0) is 145 Å². The topological polar surface area (TPSA) is 107 Å². The van der Waals surface area contributed by atoms with E-state index in [2.05, 4.69) is 58.1 Å². The summed E-state index contributed by atoms with van der Waals surface area (Å²) in [6.07, 6.45) is 18.0. The number of amides is 2. The molecule has 1 heterocycles. The van der Waals surface area contributed by atoms with Gasteiger partial charge in [0.25, 0.3) is 0 Å². The van der Waals surface area contributed by atoms with Crippen molar-refractivity contribution in [1.29, 1.82) is 0 Å². The van der Waals surface area contributed by atoms with Gasteiger partial charge in [-0.25, -0.2) is 4.79 Å². The summed E-state index contributed by atoms with van der Waals surface area (Å²) < 4.78 is 24.1. The molecule has 0 bridgehead atoms. The normalized spacial score (nSPS) is 29.1. The average molecular weight is 945 g/mol. The highest BCUT2D eigenvalue weighted by Gasteiger charge is 2.59. The third-order valence-corrected chi connectivity index (χ3v) is 18.3. The van der Waals surface area contributed by atoms with Crippen molar-refractivity contribution in [2.45, 2.75) is 149 Å². The van der Waals surface area contributed by atoms with Gasteiger partial charge in [-0.1, -0.05) is 127 Å². The van der Waals surface area contributed by atoms with Crippen molar-refractivity contribution in [3.8, 4) is 11.5 Å². The number of hydrogen-bond acceptors (Lipinski definition) is 7. The summed E-state index contributed by atoms with van der Waals surface area (Å²) >= 11 is 0. The number of ether oxygens (including phenoxy) is 4. The number of carbonyl (C=O) groups excluding carboxylic acids is 2. The molecule has 7 unspecified atom stereocenters. The molecule has 10 atom stereocenters. The maximum Gasteiger partial charge on any atom is 0.407 e. The molecule has 376 valence electrons. The van der Waals surface area contributed by atoms with Gasteiger partial charge < -0.3 is 34.3 Å². The lowest BCUT2D eigenvalue weighted by Gasteiger charge is -2.58. The van der Waals surface area contributed by atoms with Gasteiger partial charge in [-0.15, -0.1) is 0 Å². The van der Waals surface area contributed by atoms with Crippen LogP contribution in [-0.4, -0.2) is 74.7 Å². The Morgan fingerprint density at radius 3 is 2.13 bits per heavy atom. The maximum atomic E-state index is 13.5. The molecule has 4 fully saturated rings. The Morgan fingerprint density at radius 2 is 1.46 bits per heavy atom. The van der Waals surface area contributed by atoms with Gasteiger partial charge in [-0.2, -0.15) is 0 Å². The number of benzene rings is 3. The first-order valence-corrected chi connectivity index (χ1v) is 26.9. The van der Waals surface area contributed by atoms with E-state index in [0.717, 1.165) is 95.8 Å². The van der Waals surface area contributed by atoms with Crippen molar-refractivity contribution in [3.05, 3.63) is 107 Å². The van der Waals surface area contributed by atoms with Crippen LogP contribution < -0.4 is 14.8 Å². The van der Waals surface area contributed by atoms with Gasteiger partial charge in [0.15, 0.2) is 0 Å². The lowest BCUT2D eigenvalue weighted by atomic mass is 9.47. The molecule has 5 aliphatic rings. The fraction of sp³-hybridized carbons (Fsp3) is 0.633. The number of aliphatic hydroxyl groups is 1. The number of rotatable bonds is 20. The smallest absolute Gasteiger partial charge is 0.407 e. The second kappa shape index (κ2) is 22.4. The Labute approximate surface area is 414 Å². The highest BCUT2D eigenvalue weighted by molar-refractivity contribution is 5.76. The van der Waals surface area contributed by atoms with Gasteiger partial charge in [-0.3, -0.25) is 4.79 Å². The molecule has 69 heavy (non-hydrogen) atoms. The zero-order chi connectivity index (χ0) is 48.8. The van der Waals surface area contributed by atoms with E-state index in [1.165, 1.54) is 51.4 Å². The van der Waals surface area contributed by atoms with Crippen LogP contribution in [0.1, 0.15) is 148 Å². The molecule has 2 N–H and O–H groups in total. The summed E-state index contributed by atoms with van der Waals surface area (Å²) in [6, 6.07) is 25.9. The van der Waals surface area contributed by atoms with Crippen molar-refractivity contribution in [3.63, 3.8) is 0 Å².